The number of amides is 1. The zero-order valence-electron chi connectivity index (χ0n) is 13.5. The molecule has 0 aliphatic carbocycles. The third-order valence-electron chi connectivity index (χ3n) is 4.52. The fraction of sp³-hybridized carbons (Fsp3) is 0.562. The van der Waals surface area contributed by atoms with Crippen molar-refractivity contribution in [3.63, 3.8) is 0 Å². The van der Waals surface area contributed by atoms with Gasteiger partial charge in [-0.2, -0.15) is 4.31 Å². The third kappa shape index (κ3) is 3.14. The Morgan fingerprint density at radius 1 is 1.26 bits per heavy atom. The molecule has 1 atom stereocenters. The molecule has 1 aromatic carbocycles. The fourth-order valence-electron chi connectivity index (χ4n) is 3.25. The van der Waals surface area contributed by atoms with Crippen molar-refractivity contribution in [2.45, 2.75) is 48.9 Å². The first-order valence-electron chi connectivity index (χ1n) is 7.98. The molecule has 0 radical (unpaired) electrons. The van der Waals surface area contributed by atoms with Crippen molar-refractivity contribution in [1.29, 1.82) is 0 Å². The number of rotatable bonds is 2. The first kappa shape index (κ1) is 16.8. The minimum absolute atomic E-state index is 0.0306. The Hall–Kier alpha value is -1.05. The van der Waals surface area contributed by atoms with E-state index in [2.05, 4.69) is 0 Å². The number of piperidine rings is 1. The van der Waals surface area contributed by atoms with Crippen LogP contribution in [0.2, 0.25) is 0 Å². The lowest BCUT2D eigenvalue weighted by Crippen LogP contribution is -2.42. The van der Waals surface area contributed by atoms with E-state index in [0.717, 1.165) is 35.6 Å². The minimum Gasteiger partial charge on any atom is -0.311 e. The van der Waals surface area contributed by atoms with Crippen molar-refractivity contribution < 1.29 is 13.2 Å². The van der Waals surface area contributed by atoms with Crippen molar-refractivity contribution >= 4 is 33.4 Å². The maximum Gasteiger partial charge on any atom is 0.243 e. The van der Waals surface area contributed by atoms with Crippen molar-refractivity contribution in [2.75, 3.05) is 23.7 Å². The van der Waals surface area contributed by atoms with Gasteiger partial charge in [0.15, 0.2) is 0 Å². The lowest BCUT2D eigenvalue weighted by Gasteiger charge is -2.33. The van der Waals surface area contributed by atoms with Crippen molar-refractivity contribution in [3.05, 3.63) is 18.2 Å². The van der Waals surface area contributed by atoms with Crippen LogP contribution in [0.15, 0.2) is 28.0 Å². The Labute approximate surface area is 142 Å². The van der Waals surface area contributed by atoms with E-state index in [0.29, 0.717) is 18.0 Å². The summed E-state index contributed by atoms with van der Waals surface area (Å²) in [5.74, 6) is 0.786. The number of fused-ring (bicyclic) bond motifs is 1. The Kier molecular flexibility index (Phi) is 4.71. The number of hydrogen-bond acceptors (Lipinski definition) is 4. The van der Waals surface area contributed by atoms with Gasteiger partial charge in [-0.25, -0.2) is 8.42 Å². The molecule has 3 rings (SSSR count). The molecule has 2 aliphatic rings. The second-order valence-electron chi connectivity index (χ2n) is 6.11. The molecule has 7 heteroatoms. The van der Waals surface area contributed by atoms with Crippen LogP contribution in [0.25, 0.3) is 0 Å². The molecular formula is C16H22N2O3S2. The quantitative estimate of drug-likeness (QED) is 0.819. The molecule has 0 spiro atoms. The average Bonchev–Trinajstić information content (AvgIpc) is 2.53. The van der Waals surface area contributed by atoms with E-state index in [1.54, 1.807) is 33.1 Å². The van der Waals surface area contributed by atoms with E-state index in [9.17, 15) is 13.2 Å². The van der Waals surface area contributed by atoms with E-state index in [-0.39, 0.29) is 11.9 Å². The number of benzene rings is 1. The highest BCUT2D eigenvalue weighted by atomic mass is 32.2. The molecule has 1 fully saturated rings. The summed E-state index contributed by atoms with van der Waals surface area (Å²) in [5, 5.41) is 0. The molecule has 0 saturated carbocycles. The average molecular weight is 354 g/mol. The van der Waals surface area contributed by atoms with Gasteiger partial charge in [0.1, 0.15) is 0 Å². The van der Waals surface area contributed by atoms with Gasteiger partial charge in [-0.05, 0) is 38.0 Å². The van der Waals surface area contributed by atoms with Gasteiger partial charge < -0.3 is 4.90 Å². The number of carbonyl (C=O) groups is 1. The summed E-state index contributed by atoms with van der Waals surface area (Å²) in [5.41, 5.74) is 0.722. The zero-order chi connectivity index (χ0) is 16.6. The first-order valence-corrected chi connectivity index (χ1v) is 10.4. The minimum atomic E-state index is -3.51. The number of carbonyl (C=O) groups excluding carboxylic acids is 1. The number of hydrogen-bond donors (Lipinski definition) is 0. The number of anilines is 1. The first-order chi connectivity index (χ1) is 10.9. The second-order valence-corrected chi connectivity index (χ2v) is 9.14. The molecule has 1 saturated heterocycles. The maximum atomic E-state index is 13.0. The monoisotopic (exact) mass is 354 g/mol. The molecule has 126 valence electrons. The summed E-state index contributed by atoms with van der Waals surface area (Å²) in [6, 6.07) is 5.20. The second kappa shape index (κ2) is 6.45. The largest absolute Gasteiger partial charge is 0.311 e. The molecule has 0 bridgehead atoms. The highest BCUT2D eigenvalue weighted by Gasteiger charge is 2.32. The van der Waals surface area contributed by atoms with Gasteiger partial charge in [-0.3, -0.25) is 4.79 Å². The number of sulfonamides is 1. The number of nitrogens with zero attached hydrogens (tertiary/aromatic N) is 2. The van der Waals surface area contributed by atoms with Gasteiger partial charge in [0.05, 0.1) is 10.6 Å². The van der Waals surface area contributed by atoms with Crippen LogP contribution in [0, 0.1) is 0 Å². The molecule has 2 aliphatic heterocycles. The van der Waals surface area contributed by atoms with Crippen LogP contribution in [0.5, 0.6) is 0 Å². The van der Waals surface area contributed by atoms with Crippen LogP contribution in [0.4, 0.5) is 5.69 Å². The predicted molar refractivity (Wildman–Crippen MR) is 92.4 cm³/mol. The topological polar surface area (TPSA) is 57.7 Å². The Morgan fingerprint density at radius 3 is 2.74 bits per heavy atom. The molecule has 1 amide bonds. The predicted octanol–water partition coefficient (Wildman–Crippen LogP) is 2.71. The normalized spacial score (nSPS) is 22.7. The van der Waals surface area contributed by atoms with Gasteiger partial charge in [0.25, 0.3) is 0 Å². The SMILES string of the molecule is CC(=O)N1CCSc2ccc(S(=O)(=O)N3CCCC[C@H]3C)cc21. The zero-order valence-corrected chi connectivity index (χ0v) is 15.1. The Balaban J connectivity index is 2.00. The van der Waals surface area contributed by atoms with Gasteiger partial charge in [-0.15, -0.1) is 11.8 Å². The lowest BCUT2D eigenvalue weighted by molar-refractivity contribution is -0.116. The molecular weight excluding hydrogens is 332 g/mol. The van der Waals surface area contributed by atoms with Gasteiger partial charge in [0.2, 0.25) is 15.9 Å². The smallest absolute Gasteiger partial charge is 0.243 e. The van der Waals surface area contributed by atoms with E-state index < -0.39 is 10.0 Å². The molecule has 1 aromatic rings. The molecule has 5 nitrogen and oxygen atoms in total. The van der Waals surface area contributed by atoms with Crippen LogP contribution in [0.1, 0.15) is 33.1 Å². The van der Waals surface area contributed by atoms with E-state index in [4.69, 9.17) is 0 Å². The van der Waals surface area contributed by atoms with Crippen LogP contribution >= 0.6 is 11.8 Å². The summed E-state index contributed by atoms with van der Waals surface area (Å²) in [6.07, 6.45) is 2.88. The Bertz CT molecular complexity index is 718. The van der Waals surface area contributed by atoms with Crippen molar-refractivity contribution in [3.8, 4) is 0 Å². The van der Waals surface area contributed by atoms with Gasteiger partial charge >= 0.3 is 0 Å². The van der Waals surface area contributed by atoms with E-state index in [1.165, 1.54) is 6.92 Å². The summed E-state index contributed by atoms with van der Waals surface area (Å²) >= 11 is 1.66. The summed E-state index contributed by atoms with van der Waals surface area (Å²) in [7, 11) is -3.51. The number of thioether (sulfide) groups is 1. The van der Waals surface area contributed by atoms with Gasteiger partial charge in [0, 0.05) is 36.7 Å². The molecule has 23 heavy (non-hydrogen) atoms. The van der Waals surface area contributed by atoms with Crippen LogP contribution in [-0.4, -0.2) is 43.5 Å². The van der Waals surface area contributed by atoms with Crippen LogP contribution < -0.4 is 4.90 Å². The fourth-order valence-corrected chi connectivity index (χ4v) is 5.94. The lowest BCUT2D eigenvalue weighted by atomic mass is 10.1. The van der Waals surface area contributed by atoms with Crippen molar-refractivity contribution in [1.82, 2.24) is 4.31 Å². The van der Waals surface area contributed by atoms with Crippen LogP contribution in [-0.2, 0) is 14.8 Å². The Morgan fingerprint density at radius 2 is 2.04 bits per heavy atom. The summed E-state index contributed by atoms with van der Waals surface area (Å²) in [4.78, 5) is 14.8. The standard InChI is InChI=1S/C16H22N2O3S2/c1-12-5-3-4-8-18(12)23(20,21)14-6-7-16-15(11-14)17(13(2)19)9-10-22-16/h6-7,11-12H,3-5,8-10H2,1-2H3/t12-/m1/s1. The summed E-state index contributed by atoms with van der Waals surface area (Å²) in [6.45, 7) is 4.68. The van der Waals surface area contributed by atoms with Gasteiger partial charge in [-0.1, -0.05) is 6.42 Å². The van der Waals surface area contributed by atoms with Crippen LogP contribution in [0.3, 0.4) is 0 Å². The molecule has 0 unspecified atom stereocenters. The maximum absolute atomic E-state index is 13.0. The molecule has 2 heterocycles. The third-order valence-corrected chi connectivity index (χ3v) is 7.57. The highest BCUT2D eigenvalue weighted by molar-refractivity contribution is 7.99. The van der Waals surface area contributed by atoms with E-state index >= 15 is 0 Å². The summed E-state index contributed by atoms with van der Waals surface area (Å²) < 4.78 is 27.6. The van der Waals surface area contributed by atoms with Crippen molar-refractivity contribution in [2.24, 2.45) is 0 Å². The molecule has 0 aromatic heterocycles. The molecule has 0 N–H and O–H groups in total. The highest BCUT2D eigenvalue weighted by Crippen LogP contribution is 2.37. The van der Waals surface area contributed by atoms with E-state index in [1.807, 2.05) is 13.0 Å².